The summed E-state index contributed by atoms with van der Waals surface area (Å²) in [5, 5.41) is 30.9. The lowest BCUT2D eigenvalue weighted by molar-refractivity contribution is -0.211. The predicted octanol–water partition coefficient (Wildman–Crippen LogP) is 4.09. The van der Waals surface area contributed by atoms with Crippen LogP contribution in [0.5, 0.6) is 0 Å². The van der Waals surface area contributed by atoms with Crippen LogP contribution in [0.25, 0.3) is 43.6 Å². The van der Waals surface area contributed by atoms with Crippen molar-refractivity contribution in [3.05, 3.63) is 59.7 Å². The van der Waals surface area contributed by atoms with E-state index in [1.807, 2.05) is 55.5 Å². The van der Waals surface area contributed by atoms with E-state index < -0.39 is 24.3 Å². The minimum absolute atomic E-state index is 0.300. The molecule has 5 aromatic rings. The van der Waals surface area contributed by atoms with E-state index >= 15 is 0 Å². The fraction of sp³-hybridized carbons (Fsp3) is 0.259. The lowest BCUT2D eigenvalue weighted by Crippen LogP contribution is -2.54. The maximum atomic E-state index is 13.3. The molecule has 1 saturated heterocycles. The number of nitrogens with one attached hydrogen (secondary N) is 1. The number of rotatable bonds is 1. The summed E-state index contributed by atoms with van der Waals surface area (Å²) in [5.74, 6) is -0.300. The highest BCUT2D eigenvalue weighted by Crippen LogP contribution is 2.54. The van der Waals surface area contributed by atoms with Gasteiger partial charge in [-0.2, -0.15) is 0 Å². The van der Waals surface area contributed by atoms with E-state index in [2.05, 4.69) is 19.6 Å². The highest BCUT2D eigenvalue weighted by Gasteiger charge is 2.52. The van der Waals surface area contributed by atoms with Crippen molar-refractivity contribution >= 4 is 55.2 Å². The molecule has 3 aromatic carbocycles. The normalized spacial score (nSPS) is 28.0. The average molecular weight is 482 g/mol. The van der Waals surface area contributed by atoms with Crippen LogP contribution in [-0.2, 0) is 15.2 Å². The van der Waals surface area contributed by atoms with Crippen molar-refractivity contribution in [1.29, 1.82) is 0 Å². The maximum absolute atomic E-state index is 13.3. The van der Waals surface area contributed by atoms with Gasteiger partial charge in [0.1, 0.15) is 12.3 Å². The number of hydrogen-bond donors (Lipinski definition) is 3. The van der Waals surface area contributed by atoms with Crippen LogP contribution in [0, 0.1) is 0 Å². The summed E-state index contributed by atoms with van der Waals surface area (Å²) < 4.78 is 17.0. The minimum atomic E-state index is -1.14. The van der Waals surface area contributed by atoms with Crippen molar-refractivity contribution in [2.75, 3.05) is 7.11 Å². The summed E-state index contributed by atoms with van der Waals surface area (Å²) in [5.41, 5.74) is 3.94. The first-order chi connectivity index (χ1) is 17.5. The van der Waals surface area contributed by atoms with E-state index in [9.17, 15) is 15.1 Å². The summed E-state index contributed by atoms with van der Waals surface area (Å²) in [4.78, 5) is 13.3. The summed E-state index contributed by atoms with van der Waals surface area (Å²) in [6.45, 7) is 1.94. The lowest BCUT2D eigenvalue weighted by atomic mass is 9.95. The Labute approximate surface area is 204 Å². The third-order valence-electron chi connectivity index (χ3n) is 8.21. The molecule has 3 aliphatic rings. The number of nitrogens with zero attached hydrogens (tertiary/aromatic N) is 3. The van der Waals surface area contributed by atoms with E-state index in [1.165, 1.54) is 0 Å². The summed E-state index contributed by atoms with van der Waals surface area (Å²) >= 11 is 0. The zero-order valence-electron chi connectivity index (χ0n) is 19.5. The zero-order valence-corrected chi connectivity index (χ0v) is 19.5. The van der Waals surface area contributed by atoms with Crippen molar-refractivity contribution < 1.29 is 24.6 Å². The van der Waals surface area contributed by atoms with Gasteiger partial charge in [-0.3, -0.25) is 4.79 Å². The van der Waals surface area contributed by atoms with Crippen LogP contribution in [0.4, 0.5) is 0 Å². The summed E-state index contributed by atoms with van der Waals surface area (Å²) in [6, 6.07) is 15.8. The number of aromatic nitrogens is 2. The van der Waals surface area contributed by atoms with Crippen LogP contribution in [0.3, 0.4) is 0 Å². The summed E-state index contributed by atoms with van der Waals surface area (Å²) in [6.07, 6.45) is -2.00. The first kappa shape index (κ1) is 20.3. The number of fused-ring (bicyclic) bond motifs is 13. The molecule has 0 spiro atoms. The molecule has 5 heterocycles. The van der Waals surface area contributed by atoms with Gasteiger partial charge in [-0.25, -0.2) is 0 Å². The molecule has 2 aromatic heterocycles. The number of aliphatic hydroxyl groups is 1. The maximum Gasteiger partial charge on any atom is 0.254 e. The van der Waals surface area contributed by atoms with E-state index in [1.54, 1.807) is 7.11 Å². The molecule has 0 aliphatic carbocycles. The van der Waals surface area contributed by atoms with Crippen molar-refractivity contribution in [2.45, 2.75) is 37.6 Å². The van der Waals surface area contributed by atoms with Gasteiger partial charge in [0, 0.05) is 40.6 Å². The van der Waals surface area contributed by atoms with Gasteiger partial charge in [-0.15, -0.1) is 0 Å². The average Bonchev–Trinajstić information content (AvgIpc) is 3.48. The topological polar surface area (TPSA) is 110 Å². The quantitative estimate of drug-likeness (QED) is 0.246. The van der Waals surface area contributed by atoms with E-state index in [0.717, 1.165) is 43.6 Å². The van der Waals surface area contributed by atoms with Gasteiger partial charge in [0.15, 0.2) is 12.0 Å². The zero-order chi connectivity index (χ0) is 24.5. The number of aliphatic hydroxyl groups excluding tert-OH is 1. The van der Waals surface area contributed by atoms with Crippen molar-refractivity contribution in [3.8, 4) is 0 Å². The Hall–Kier alpha value is -3.92. The summed E-state index contributed by atoms with van der Waals surface area (Å²) in [7, 11) is 1.58. The van der Waals surface area contributed by atoms with Crippen LogP contribution in [-0.4, -0.2) is 44.3 Å². The smallest absolute Gasteiger partial charge is 0.254 e. The van der Waals surface area contributed by atoms with Gasteiger partial charge >= 0.3 is 0 Å². The van der Waals surface area contributed by atoms with Gasteiger partial charge in [-0.1, -0.05) is 41.6 Å². The second-order valence-corrected chi connectivity index (χ2v) is 9.89. The Morgan fingerprint density at radius 2 is 1.78 bits per heavy atom. The number of carbonyl (C=O) groups is 1. The molecule has 4 atom stereocenters. The van der Waals surface area contributed by atoms with Crippen molar-refractivity contribution in [2.24, 2.45) is 5.16 Å². The van der Waals surface area contributed by atoms with Crippen molar-refractivity contribution in [1.82, 2.24) is 14.5 Å². The Morgan fingerprint density at radius 3 is 2.50 bits per heavy atom. The van der Waals surface area contributed by atoms with Crippen LogP contribution in [0.15, 0.2) is 53.7 Å². The van der Waals surface area contributed by atoms with Gasteiger partial charge in [0.25, 0.3) is 5.91 Å². The fourth-order valence-electron chi connectivity index (χ4n) is 7.02. The highest BCUT2D eigenvalue weighted by atomic mass is 16.6. The predicted molar refractivity (Wildman–Crippen MR) is 133 cm³/mol. The van der Waals surface area contributed by atoms with Crippen molar-refractivity contribution in [3.63, 3.8) is 0 Å². The molecule has 9 nitrogen and oxygen atoms in total. The number of carbonyl (C=O) groups excluding carboxylic acids is 1. The fourth-order valence-corrected chi connectivity index (χ4v) is 7.02. The molecule has 0 unspecified atom stereocenters. The molecule has 8 rings (SSSR count). The van der Waals surface area contributed by atoms with E-state index in [0.29, 0.717) is 23.3 Å². The van der Waals surface area contributed by atoms with E-state index in [4.69, 9.17) is 9.47 Å². The molecule has 2 bridgehead atoms. The molecule has 1 fully saturated rings. The molecule has 3 N–H and O–H groups in total. The Bertz CT molecular complexity index is 1850. The van der Waals surface area contributed by atoms with Crippen LogP contribution in [0.2, 0.25) is 0 Å². The largest absolute Gasteiger partial charge is 0.411 e. The number of benzene rings is 3. The number of methoxy groups -OCH3 is 1. The Balaban J connectivity index is 1.75. The monoisotopic (exact) mass is 482 g/mol. The third kappa shape index (κ3) is 2.06. The Morgan fingerprint density at radius 1 is 1.08 bits per heavy atom. The van der Waals surface area contributed by atoms with Gasteiger partial charge in [0.05, 0.1) is 33.3 Å². The molecular weight excluding hydrogens is 460 g/mol. The van der Waals surface area contributed by atoms with Crippen LogP contribution < -0.4 is 5.32 Å². The Kier molecular flexibility index (Phi) is 3.63. The molecule has 0 saturated carbocycles. The molecule has 180 valence electrons. The van der Waals surface area contributed by atoms with Gasteiger partial charge < -0.3 is 34.2 Å². The van der Waals surface area contributed by atoms with E-state index in [-0.39, 0.29) is 5.91 Å². The molecule has 0 radical (unpaired) electrons. The number of ether oxygens (including phenoxy) is 2. The number of amides is 1. The molecular formula is C27H22N4O5. The molecule has 9 heteroatoms. The minimum Gasteiger partial charge on any atom is -0.411 e. The highest BCUT2D eigenvalue weighted by molar-refractivity contribution is 6.31. The molecule has 3 aliphatic heterocycles. The SMILES string of the molecule is CO[C@@H]1C(=NO)C[C@H]2O[C@]1(C)n1c3ccccc3c3c4c(c5c6ccccc6n2c5c31)C(=O)N[C@H]4O. The first-order valence-corrected chi connectivity index (χ1v) is 11.9. The molecule has 1 amide bonds. The number of hydrogen-bond acceptors (Lipinski definition) is 6. The lowest BCUT2D eigenvalue weighted by Gasteiger charge is -2.44. The first-order valence-electron chi connectivity index (χ1n) is 11.9. The molecule has 36 heavy (non-hydrogen) atoms. The third-order valence-corrected chi connectivity index (χ3v) is 8.21. The van der Waals surface area contributed by atoms with Crippen LogP contribution >= 0.6 is 0 Å². The van der Waals surface area contributed by atoms with Gasteiger partial charge in [0.2, 0.25) is 0 Å². The number of para-hydroxylation sites is 2. The second kappa shape index (κ2) is 6.44. The number of oxime groups is 1. The van der Waals surface area contributed by atoms with Gasteiger partial charge in [-0.05, 0) is 19.1 Å². The standard InChI is InChI=1S/C27H22N4O5/c1-27-24(35-2)14(29-34)11-17(36-27)30-15-9-5-3-7-12(15)18-20-21(26(33)28-25(20)32)19-13-8-4-6-10-16(13)31(27)23(19)22(18)30/h3-10,17,24,26,33-34H,11H2,1-2H3,(H,28,32)/t17-,24-,26+,27+/m1/s1. The van der Waals surface area contributed by atoms with Crippen LogP contribution in [0.1, 0.15) is 41.7 Å². The second-order valence-electron chi connectivity index (χ2n) is 9.89.